The van der Waals surface area contributed by atoms with Gasteiger partial charge in [-0.05, 0) is 50.6 Å². The van der Waals surface area contributed by atoms with Gasteiger partial charge in [0.05, 0.1) is 19.8 Å². The lowest BCUT2D eigenvalue weighted by Gasteiger charge is -2.31. The molecule has 1 aromatic rings. The third kappa shape index (κ3) is 5.66. The van der Waals surface area contributed by atoms with Gasteiger partial charge >= 0.3 is 0 Å². The Kier molecular flexibility index (Phi) is 8.37. The summed E-state index contributed by atoms with van der Waals surface area (Å²) >= 11 is 5.57. The Hall–Kier alpha value is -0.780. The molecule has 23 heavy (non-hydrogen) atoms. The highest BCUT2D eigenvalue weighted by atomic mass is 32.5. The Morgan fingerprint density at radius 2 is 1.70 bits per heavy atom. The molecule has 0 saturated heterocycles. The van der Waals surface area contributed by atoms with Crippen molar-refractivity contribution in [1.82, 2.24) is 4.67 Å². The Balaban J connectivity index is 2.86. The molecular weight excluding hydrogens is 331 g/mol. The summed E-state index contributed by atoms with van der Waals surface area (Å²) in [5.74, 6) is -0.113. The van der Waals surface area contributed by atoms with Crippen LogP contribution in [-0.4, -0.2) is 36.9 Å². The molecule has 0 bridgehead atoms. The van der Waals surface area contributed by atoms with Crippen LogP contribution in [0.1, 0.15) is 31.9 Å². The number of hydrogen-bond donors (Lipinski definition) is 1. The minimum absolute atomic E-state index is 0.113. The van der Waals surface area contributed by atoms with Crippen molar-refractivity contribution in [3.8, 4) is 0 Å². The Bertz CT molecular complexity index is 550. The van der Waals surface area contributed by atoms with Gasteiger partial charge in [-0.25, -0.2) is 4.67 Å². The number of amides is 1. The number of hydrogen-bond acceptors (Lipinski definition) is 4. The van der Waals surface area contributed by atoms with Gasteiger partial charge < -0.3 is 14.4 Å². The number of anilines is 1. The minimum atomic E-state index is -2.61. The van der Waals surface area contributed by atoms with Crippen LogP contribution in [0.2, 0.25) is 0 Å². The van der Waals surface area contributed by atoms with E-state index in [1.807, 2.05) is 57.5 Å². The van der Waals surface area contributed by atoms with E-state index in [1.165, 1.54) is 0 Å². The van der Waals surface area contributed by atoms with Crippen molar-refractivity contribution >= 4 is 30.0 Å². The molecule has 0 heterocycles. The van der Waals surface area contributed by atoms with Gasteiger partial charge in [0.15, 0.2) is 0 Å². The average Bonchev–Trinajstić information content (AvgIpc) is 2.49. The molecule has 130 valence electrons. The van der Waals surface area contributed by atoms with Crippen LogP contribution in [0.15, 0.2) is 18.2 Å². The van der Waals surface area contributed by atoms with Crippen LogP contribution in [0.25, 0.3) is 0 Å². The van der Waals surface area contributed by atoms with E-state index in [0.717, 1.165) is 16.8 Å². The van der Waals surface area contributed by atoms with Crippen LogP contribution >= 0.6 is 6.64 Å². The molecule has 1 aromatic carbocycles. The zero-order chi connectivity index (χ0) is 17.5. The van der Waals surface area contributed by atoms with Crippen molar-refractivity contribution in [3.05, 3.63) is 29.3 Å². The first-order valence-electron chi connectivity index (χ1n) is 7.88. The van der Waals surface area contributed by atoms with Crippen molar-refractivity contribution in [2.75, 3.05) is 31.6 Å². The standard InChI is InChI=1S/C16H27N2O3PS/c1-6-18(22(23,20-7-2)21-8-3)12-15(19)17-16-13(4)10-9-11-14(16)5/h9-11H,6-8,12H2,1-5H3,(H,17,19). The lowest BCUT2D eigenvalue weighted by molar-refractivity contribution is -0.116. The number of nitrogens with zero attached hydrogens (tertiary/aromatic N) is 1. The summed E-state index contributed by atoms with van der Waals surface area (Å²) in [5.41, 5.74) is 2.93. The van der Waals surface area contributed by atoms with E-state index in [2.05, 4.69) is 5.32 Å². The van der Waals surface area contributed by atoms with Crippen molar-refractivity contribution in [1.29, 1.82) is 0 Å². The fraction of sp³-hybridized carbons (Fsp3) is 0.562. The van der Waals surface area contributed by atoms with Gasteiger partial charge in [0.1, 0.15) is 0 Å². The van der Waals surface area contributed by atoms with E-state index in [4.69, 9.17) is 20.9 Å². The lowest BCUT2D eigenvalue weighted by atomic mass is 10.1. The number of likely N-dealkylation sites (N-methyl/N-ethyl adjacent to an activating group) is 1. The second-order valence-corrected chi connectivity index (χ2v) is 8.50. The second-order valence-electron chi connectivity index (χ2n) is 5.10. The van der Waals surface area contributed by atoms with Crippen LogP contribution in [0, 0.1) is 13.8 Å². The largest absolute Gasteiger partial charge is 0.324 e. The second kappa shape index (κ2) is 9.50. The van der Waals surface area contributed by atoms with E-state index < -0.39 is 6.64 Å². The predicted molar refractivity (Wildman–Crippen MR) is 99.3 cm³/mol. The molecule has 0 aromatic heterocycles. The zero-order valence-corrected chi connectivity index (χ0v) is 16.3. The molecule has 0 fully saturated rings. The maximum atomic E-state index is 12.4. The highest BCUT2D eigenvalue weighted by Crippen LogP contribution is 2.51. The molecule has 0 spiro atoms. The number of nitrogens with one attached hydrogen (secondary N) is 1. The molecule has 0 aliphatic rings. The Labute approximate surface area is 144 Å². The van der Waals surface area contributed by atoms with Crippen molar-refractivity contribution < 1.29 is 13.8 Å². The fourth-order valence-electron chi connectivity index (χ4n) is 2.25. The van der Waals surface area contributed by atoms with Gasteiger partial charge in [0.2, 0.25) is 5.91 Å². The van der Waals surface area contributed by atoms with E-state index in [1.54, 1.807) is 0 Å². The minimum Gasteiger partial charge on any atom is -0.324 e. The van der Waals surface area contributed by atoms with Gasteiger partial charge in [0.25, 0.3) is 6.64 Å². The van der Waals surface area contributed by atoms with Gasteiger partial charge in [-0.3, -0.25) is 4.79 Å². The summed E-state index contributed by atoms with van der Waals surface area (Å²) in [6.07, 6.45) is 0. The quantitative estimate of drug-likeness (QED) is 0.679. The maximum Gasteiger partial charge on any atom is 0.264 e. The molecule has 0 aliphatic carbocycles. The first kappa shape index (κ1) is 20.3. The topological polar surface area (TPSA) is 50.8 Å². The molecule has 0 saturated carbocycles. The molecule has 1 amide bonds. The summed E-state index contributed by atoms with van der Waals surface area (Å²) in [5, 5.41) is 2.98. The lowest BCUT2D eigenvalue weighted by Crippen LogP contribution is -2.32. The van der Waals surface area contributed by atoms with Crippen molar-refractivity contribution in [2.24, 2.45) is 0 Å². The summed E-state index contributed by atoms with van der Waals surface area (Å²) in [4.78, 5) is 12.4. The normalized spacial score (nSPS) is 11.7. The van der Waals surface area contributed by atoms with Gasteiger partial charge in [0, 0.05) is 12.2 Å². The van der Waals surface area contributed by atoms with Crippen LogP contribution in [-0.2, 0) is 25.6 Å². The van der Waals surface area contributed by atoms with Crippen LogP contribution in [0.4, 0.5) is 5.69 Å². The molecule has 0 radical (unpaired) electrons. The molecule has 0 aliphatic heterocycles. The molecule has 7 heteroatoms. The van der Waals surface area contributed by atoms with E-state index in [9.17, 15) is 4.79 Å². The van der Waals surface area contributed by atoms with Crippen LogP contribution < -0.4 is 5.32 Å². The molecular formula is C16H27N2O3PS. The summed E-state index contributed by atoms with van der Waals surface area (Å²) in [6.45, 7) is 8.74. The maximum absolute atomic E-state index is 12.4. The highest BCUT2D eigenvalue weighted by Gasteiger charge is 2.28. The van der Waals surface area contributed by atoms with E-state index in [0.29, 0.717) is 19.8 Å². The zero-order valence-electron chi connectivity index (χ0n) is 14.6. The van der Waals surface area contributed by atoms with Crippen LogP contribution in [0.5, 0.6) is 0 Å². The molecule has 1 N–H and O–H groups in total. The SMILES string of the molecule is CCOP(=S)(OCC)N(CC)CC(=O)Nc1c(C)cccc1C. The summed E-state index contributed by atoms with van der Waals surface area (Å²) in [6, 6.07) is 5.93. The number of rotatable bonds is 9. The summed E-state index contributed by atoms with van der Waals surface area (Å²) < 4.78 is 13.2. The first-order valence-corrected chi connectivity index (χ1v) is 10.5. The Morgan fingerprint density at radius 3 is 2.13 bits per heavy atom. The average molecular weight is 358 g/mol. The number of carbonyl (C=O) groups is 1. The molecule has 5 nitrogen and oxygen atoms in total. The predicted octanol–water partition coefficient (Wildman–Crippen LogP) is 3.86. The third-order valence-electron chi connectivity index (χ3n) is 3.37. The van der Waals surface area contributed by atoms with Crippen molar-refractivity contribution in [3.63, 3.8) is 0 Å². The number of para-hydroxylation sites is 1. The van der Waals surface area contributed by atoms with E-state index in [-0.39, 0.29) is 12.5 Å². The fourth-order valence-corrected chi connectivity index (χ4v) is 5.11. The van der Waals surface area contributed by atoms with Gasteiger partial charge in [-0.1, -0.05) is 25.1 Å². The van der Waals surface area contributed by atoms with Gasteiger partial charge in [-0.15, -0.1) is 0 Å². The third-order valence-corrected chi connectivity index (χ3v) is 6.98. The van der Waals surface area contributed by atoms with E-state index >= 15 is 0 Å². The van der Waals surface area contributed by atoms with Gasteiger partial charge in [-0.2, -0.15) is 0 Å². The number of benzene rings is 1. The number of carbonyl (C=O) groups excluding carboxylic acids is 1. The summed E-state index contributed by atoms with van der Waals surface area (Å²) in [7, 11) is 0. The molecule has 0 unspecified atom stereocenters. The Morgan fingerprint density at radius 1 is 1.17 bits per heavy atom. The monoisotopic (exact) mass is 358 g/mol. The van der Waals surface area contributed by atoms with Crippen LogP contribution in [0.3, 0.4) is 0 Å². The highest BCUT2D eigenvalue weighted by molar-refractivity contribution is 8.08. The molecule has 0 atom stereocenters. The smallest absolute Gasteiger partial charge is 0.264 e. The first-order chi connectivity index (χ1) is 10.9. The molecule has 1 rings (SSSR count). The number of aryl methyl sites for hydroxylation is 2. The van der Waals surface area contributed by atoms with Crippen molar-refractivity contribution in [2.45, 2.75) is 34.6 Å².